The molecule has 14 heavy (non-hydrogen) atoms. The second-order valence-electron chi connectivity index (χ2n) is 5.14. The van der Waals surface area contributed by atoms with E-state index < -0.39 is 0 Å². The molecule has 0 spiro atoms. The zero-order chi connectivity index (χ0) is 9.86. The molecule has 0 radical (unpaired) electrons. The summed E-state index contributed by atoms with van der Waals surface area (Å²) in [6.45, 7) is 0. The molecular weight excluding hydrogens is 172 g/mol. The Kier molecular flexibility index (Phi) is 3.27. The fourth-order valence-electron chi connectivity index (χ4n) is 2.99. The third-order valence-corrected chi connectivity index (χ3v) is 3.83. The first-order valence-electron chi connectivity index (χ1n) is 6.16. The van der Waals surface area contributed by atoms with Gasteiger partial charge >= 0.3 is 0 Å². The third-order valence-electron chi connectivity index (χ3n) is 3.83. The molecule has 0 aromatic carbocycles. The summed E-state index contributed by atoms with van der Waals surface area (Å²) in [5.74, 6) is 0.753. The Hall–Kier alpha value is -0.300. The maximum absolute atomic E-state index is 10.4. The van der Waals surface area contributed by atoms with Gasteiger partial charge in [0.05, 0.1) is 5.60 Å². The summed E-state index contributed by atoms with van der Waals surface area (Å²) >= 11 is 0. The molecule has 1 atom stereocenters. The zero-order valence-electron chi connectivity index (χ0n) is 9.04. The van der Waals surface area contributed by atoms with E-state index in [9.17, 15) is 5.11 Å². The fraction of sp³-hybridized carbons (Fsp3) is 0.846. The van der Waals surface area contributed by atoms with E-state index in [0.717, 1.165) is 25.2 Å². The van der Waals surface area contributed by atoms with Crippen LogP contribution in [0.4, 0.5) is 0 Å². The van der Waals surface area contributed by atoms with Crippen molar-refractivity contribution in [3.8, 4) is 0 Å². The highest BCUT2D eigenvalue weighted by Crippen LogP contribution is 2.36. The predicted molar refractivity (Wildman–Crippen MR) is 59.1 cm³/mol. The van der Waals surface area contributed by atoms with Crippen LogP contribution in [0.25, 0.3) is 0 Å². The van der Waals surface area contributed by atoms with Crippen LogP contribution < -0.4 is 0 Å². The minimum atomic E-state index is -0.298. The summed E-state index contributed by atoms with van der Waals surface area (Å²) in [5, 5.41) is 10.4. The molecule has 0 heterocycles. The summed E-state index contributed by atoms with van der Waals surface area (Å²) in [7, 11) is 0. The Balaban J connectivity index is 1.85. The van der Waals surface area contributed by atoms with Gasteiger partial charge in [-0.2, -0.15) is 0 Å². The van der Waals surface area contributed by atoms with Crippen LogP contribution in [0.1, 0.15) is 57.8 Å². The lowest BCUT2D eigenvalue weighted by Gasteiger charge is -2.35. The standard InChI is InChI=1S/C13H22O/c14-13(9-5-2-6-10-13)11-12-7-3-1-4-8-12/h1,3,12,14H,2,4-11H2. The van der Waals surface area contributed by atoms with Gasteiger partial charge in [0, 0.05) is 0 Å². The molecule has 1 saturated carbocycles. The maximum Gasteiger partial charge on any atom is 0.0650 e. The minimum absolute atomic E-state index is 0.298. The Morgan fingerprint density at radius 3 is 2.57 bits per heavy atom. The van der Waals surface area contributed by atoms with Crippen LogP contribution in [0.15, 0.2) is 12.2 Å². The average Bonchev–Trinajstić information content (AvgIpc) is 2.19. The van der Waals surface area contributed by atoms with Crippen molar-refractivity contribution in [2.75, 3.05) is 0 Å². The van der Waals surface area contributed by atoms with E-state index in [1.807, 2.05) is 0 Å². The fourth-order valence-corrected chi connectivity index (χ4v) is 2.99. The minimum Gasteiger partial charge on any atom is -0.390 e. The number of rotatable bonds is 2. The van der Waals surface area contributed by atoms with Gasteiger partial charge in [-0.15, -0.1) is 0 Å². The first-order chi connectivity index (χ1) is 6.79. The monoisotopic (exact) mass is 194 g/mol. The van der Waals surface area contributed by atoms with Crippen molar-refractivity contribution in [2.24, 2.45) is 5.92 Å². The van der Waals surface area contributed by atoms with Gasteiger partial charge in [-0.3, -0.25) is 0 Å². The van der Waals surface area contributed by atoms with Crippen molar-refractivity contribution >= 4 is 0 Å². The van der Waals surface area contributed by atoms with Gasteiger partial charge in [-0.25, -0.2) is 0 Å². The smallest absolute Gasteiger partial charge is 0.0650 e. The van der Waals surface area contributed by atoms with Crippen molar-refractivity contribution in [1.29, 1.82) is 0 Å². The van der Waals surface area contributed by atoms with Gasteiger partial charge in [0.2, 0.25) is 0 Å². The summed E-state index contributed by atoms with van der Waals surface area (Å²) in [6, 6.07) is 0. The van der Waals surface area contributed by atoms with Crippen LogP contribution in [0.2, 0.25) is 0 Å². The van der Waals surface area contributed by atoms with Crippen LogP contribution in [0, 0.1) is 5.92 Å². The third kappa shape index (κ3) is 2.60. The predicted octanol–water partition coefficient (Wildman–Crippen LogP) is 3.43. The van der Waals surface area contributed by atoms with Crippen LogP contribution >= 0.6 is 0 Å². The van der Waals surface area contributed by atoms with Gasteiger partial charge in [0.15, 0.2) is 0 Å². The Morgan fingerprint density at radius 1 is 1.14 bits per heavy atom. The topological polar surface area (TPSA) is 20.2 Å². The molecule has 0 aromatic heterocycles. The average molecular weight is 194 g/mol. The molecular formula is C13H22O. The molecule has 0 amide bonds. The quantitative estimate of drug-likeness (QED) is 0.668. The molecule has 0 bridgehead atoms. The molecule has 1 N–H and O–H groups in total. The number of allylic oxidation sites excluding steroid dienone is 2. The summed E-state index contributed by atoms with van der Waals surface area (Å²) < 4.78 is 0. The molecule has 2 rings (SSSR count). The highest BCUT2D eigenvalue weighted by molar-refractivity contribution is 4.93. The van der Waals surface area contributed by atoms with Crippen molar-refractivity contribution in [3.63, 3.8) is 0 Å². The SMILES string of the molecule is OC1(CC2CC=CCC2)CCCCC1. The Bertz CT molecular complexity index is 201. The highest BCUT2D eigenvalue weighted by atomic mass is 16.3. The molecule has 0 saturated heterocycles. The molecule has 1 fully saturated rings. The summed E-state index contributed by atoms with van der Waals surface area (Å²) in [4.78, 5) is 0. The van der Waals surface area contributed by atoms with E-state index in [2.05, 4.69) is 12.2 Å². The van der Waals surface area contributed by atoms with Gasteiger partial charge in [0.1, 0.15) is 0 Å². The van der Waals surface area contributed by atoms with E-state index in [4.69, 9.17) is 0 Å². The van der Waals surface area contributed by atoms with Crippen LogP contribution in [0.3, 0.4) is 0 Å². The lowest BCUT2D eigenvalue weighted by molar-refractivity contribution is -0.0186. The van der Waals surface area contributed by atoms with Gasteiger partial charge in [-0.05, 0) is 44.4 Å². The van der Waals surface area contributed by atoms with E-state index in [-0.39, 0.29) is 5.60 Å². The molecule has 1 nitrogen and oxygen atoms in total. The molecule has 2 aliphatic carbocycles. The van der Waals surface area contributed by atoms with Gasteiger partial charge in [-0.1, -0.05) is 31.4 Å². The first kappa shape index (κ1) is 10.2. The molecule has 1 heteroatoms. The van der Waals surface area contributed by atoms with Gasteiger partial charge < -0.3 is 5.11 Å². The van der Waals surface area contributed by atoms with Crippen LogP contribution in [-0.2, 0) is 0 Å². The van der Waals surface area contributed by atoms with Crippen LogP contribution in [-0.4, -0.2) is 10.7 Å². The number of hydrogen-bond acceptors (Lipinski definition) is 1. The van der Waals surface area contributed by atoms with E-state index in [1.165, 1.54) is 38.5 Å². The van der Waals surface area contributed by atoms with Crippen molar-refractivity contribution in [3.05, 3.63) is 12.2 Å². The summed E-state index contributed by atoms with van der Waals surface area (Å²) in [5.41, 5.74) is -0.298. The highest BCUT2D eigenvalue weighted by Gasteiger charge is 2.31. The zero-order valence-corrected chi connectivity index (χ0v) is 9.04. The lowest BCUT2D eigenvalue weighted by atomic mass is 9.76. The van der Waals surface area contributed by atoms with Crippen molar-refractivity contribution in [2.45, 2.75) is 63.4 Å². The van der Waals surface area contributed by atoms with Gasteiger partial charge in [0.25, 0.3) is 0 Å². The van der Waals surface area contributed by atoms with E-state index in [1.54, 1.807) is 0 Å². The second kappa shape index (κ2) is 4.48. The van der Waals surface area contributed by atoms with Crippen molar-refractivity contribution < 1.29 is 5.11 Å². The van der Waals surface area contributed by atoms with E-state index in [0.29, 0.717) is 0 Å². The Morgan fingerprint density at radius 2 is 1.93 bits per heavy atom. The molecule has 1 unspecified atom stereocenters. The molecule has 2 aliphatic rings. The number of aliphatic hydroxyl groups is 1. The van der Waals surface area contributed by atoms with E-state index >= 15 is 0 Å². The summed E-state index contributed by atoms with van der Waals surface area (Å²) in [6.07, 6.45) is 15.2. The normalized spacial score (nSPS) is 31.6. The molecule has 0 aliphatic heterocycles. The molecule has 80 valence electrons. The van der Waals surface area contributed by atoms with Crippen LogP contribution in [0.5, 0.6) is 0 Å². The molecule has 0 aromatic rings. The Labute approximate surface area is 87.2 Å². The number of hydrogen-bond donors (Lipinski definition) is 1. The van der Waals surface area contributed by atoms with Crippen molar-refractivity contribution in [1.82, 2.24) is 0 Å². The lowest BCUT2D eigenvalue weighted by Crippen LogP contribution is -2.34. The second-order valence-corrected chi connectivity index (χ2v) is 5.14. The largest absolute Gasteiger partial charge is 0.390 e. The first-order valence-corrected chi connectivity index (χ1v) is 6.16. The maximum atomic E-state index is 10.4.